The first-order valence-corrected chi connectivity index (χ1v) is 9.22. The zero-order valence-corrected chi connectivity index (χ0v) is 14.6. The molecule has 0 atom stereocenters. The summed E-state index contributed by atoms with van der Waals surface area (Å²) in [5.41, 5.74) is 0. The number of halogens is 2. The zero-order chi connectivity index (χ0) is 15.6. The minimum absolute atomic E-state index is 0.00972. The molecule has 0 saturated heterocycles. The third-order valence-corrected chi connectivity index (χ3v) is 5.82. The molecule has 5 nitrogen and oxygen atoms in total. The van der Waals surface area contributed by atoms with Crippen LogP contribution in [0.2, 0.25) is 5.02 Å². The van der Waals surface area contributed by atoms with Crippen molar-refractivity contribution in [3.05, 3.63) is 21.6 Å². The SMILES string of the molecule is COc1c(Br)cc(Cl)cc1S(=O)(=O)NC1CCC(O)CC1. The van der Waals surface area contributed by atoms with Crippen LogP contribution in [0.3, 0.4) is 0 Å². The molecule has 0 heterocycles. The molecule has 0 bridgehead atoms. The third kappa shape index (κ3) is 4.10. The van der Waals surface area contributed by atoms with Gasteiger partial charge in [0, 0.05) is 11.1 Å². The highest BCUT2D eigenvalue weighted by molar-refractivity contribution is 9.10. The largest absolute Gasteiger partial charge is 0.494 e. The Labute approximate surface area is 137 Å². The fourth-order valence-electron chi connectivity index (χ4n) is 2.41. The number of benzene rings is 1. The average molecular weight is 399 g/mol. The predicted molar refractivity (Wildman–Crippen MR) is 84.3 cm³/mol. The number of nitrogens with one attached hydrogen (secondary N) is 1. The molecule has 0 unspecified atom stereocenters. The van der Waals surface area contributed by atoms with Gasteiger partial charge in [0.05, 0.1) is 17.7 Å². The van der Waals surface area contributed by atoms with Crippen LogP contribution in [0.5, 0.6) is 5.75 Å². The Morgan fingerprint density at radius 1 is 1.33 bits per heavy atom. The number of aliphatic hydroxyl groups is 1. The molecule has 2 rings (SSSR count). The number of hydrogen-bond acceptors (Lipinski definition) is 4. The quantitative estimate of drug-likeness (QED) is 0.817. The van der Waals surface area contributed by atoms with E-state index in [1.807, 2.05) is 0 Å². The summed E-state index contributed by atoms with van der Waals surface area (Å²) >= 11 is 9.19. The van der Waals surface area contributed by atoms with Gasteiger partial charge >= 0.3 is 0 Å². The van der Waals surface area contributed by atoms with Gasteiger partial charge in [-0.05, 0) is 53.7 Å². The smallest absolute Gasteiger partial charge is 0.244 e. The molecule has 21 heavy (non-hydrogen) atoms. The molecule has 1 aromatic rings. The van der Waals surface area contributed by atoms with E-state index < -0.39 is 10.0 Å². The van der Waals surface area contributed by atoms with Crippen LogP contribution in [0.1, 0.15) is 25.7 Å². The maximum atomic E-state index is 12.5. The van der Waals surface area contributed by atoms with Gasteiger partial charge in [-0.3, -0.25) is 0 Å². The van der Waals surface area contributed by atoms with Crippen LogP contribution in [0.15, 0.2) is 21.5 Å². The van der Waals surface area contributed by atoms with Crippen LogP contribution >= 0.6 is 27.5 Å². The van der Waals surface area contributed by atoms with Gasteiger partial charge in [0.15, 0.2) is 5.75 Å². The van der Waals surface area contributed by atoms with E-state index in [4.69, 9.17) is 16.3 Å². The highest BCUT2D eigenvalue weighted by Gasteiger charge is 2.28. The van der Waals surface area contributed by atoms with Crippen molar-refractivity contribution < 1.29 is 18.3 Å². The van der Waals surface area contributed by atoms with Crippen LogP contribution in [0.25, 0.3) is 0 Å². The molecule has 0 radical (unpaired) electrons. The molecule has 1 fully saturated rings. The van der Waals surface area contributed by atoms with Gasteiger partial charge in [-0.1, -0.05) is 11.6 Å². The number of rotatable bonds is 4. The topological polar surface area (TPSA) is 75.6 Å². The standard InChI is InChI=1S/C13H17BrClNO4S/c1-20-13-11(14)6-8(15)7-12(13)21(18,19)16-9-2-4-10(17)5-3-9/h6-7,9-10,16-17H,2-5H2,1H3. The minimum atomic E-state index is -3.74. The Morgan fingerprint density at radius 3 is 2.52 bits per heavy atom. The van der Waals surface area contributed by atoms with E-state index in [1.165, 1.54) is 13.2 Å². The van der Waals surface area contributed by atoms with E-state index in [1.54, 1.807) is 6.07 Å². The molecule has 118 valence electrons. The van der Waals surface area contributed by atoms with Crippen molar-refractivity contribution in [2.75, 3.05) is 7.11 Å². The van der Waals surface area contributed by atoms with Crippen LogP contribution in [0.4, 0.5) is 0 Å². The molecular weight excluding hydrogens is 382 g/mol. The lowest BCUT2D eigenvalue weighted by atomic mass is 9.94. The van der Waals surface area contributed by atoms with Crippen molar-refractivity contribution >= 4 is 37.6 Å². The minimum Gasteiger partial charge on any atom is -0.494 e. The second kappa shape index (κ2) is 6.83. The van der Waals surface area contributed by atoms with Gasteiger partial charge in [-0.15, -0.1) is 0 Å². The van der Waals surface area contributed by atoms with Gasteiger partial charge < -0.3 is 9.84 Å². The van der Waals surface area contributed by atoms with E-state index in [-0.39, 0.29) is 22.8 Å². The average Bonchev–Trinajstić information content (AvgIpc) is 2.40. The van der Waals surface area contributed by atoms with Gasteiger partial charge in [0.2, 0.25) is 10.0 Å². The molecule has 1 aliphatic rings. The molecule has 1 aliphatic carbocycles. The van der Waals surface area contributed by atoms with Gasteiger partial charge in [-0.25, -0.2) is 13.1 Å². The summed E-state index contributed by atoms with van der Waals surface area (Å²) in [4.78, 5) is 0.00972. The van der Waals surface area contributed by atoms with Gasteiger partial charge in [-0.2, -0.15) is 0 Å². The molecule has 2 N–H and O–H groups in total. The Morgan fingerprint density at radius 2 is 1.95 bits per heavy atom. The fourth-order valence-corrected chi connectivity index (χ4v) is 5.10. The normalized spacial score (nSPS) is 23.0. The lowest BCUT2D eigenvalue weighted by Gasteiger charge is -2.26. The monoisotopic (exact) mass is 397 g/mol. The highest BCUT2D eigenvalue weighted by Crippen LogP contribution is 2.35. The van der Waals surface area contributed by atoms with E-state index in [0.29, 0.717) is 35.2 Å². The van der Waals surface area contributed by atoms with Crippen molar-refractivity contribution in [3.63, 3.8) is 0 Å². The van der Waals surface area contributed by atoms with Gasteiger partial charge in [0.1, 0.15) is 4.90 Å². The molecule has 1 aromatic carbocycles. The summed E-state index contributed by atoms with van der Waals surface area (Å²) < 4.78 is 33.4. The van der Waals surface area contributed by atoms with Crippen LogP contribution in [-0.2, 0) is 10.0 Å². The predicted octanol–water partition coefficient (Wildman–Crippen LogP) is 2.69. The molecule has 1 saturated carbocycles. The Kier molecular flexibility index (Phi) is 5.54. The lowest BCUT2D eigenvalue weighted by Crippen LogP contribution is -2.38. The third-order valence-electron chi connectivity index (χ3n) is 3.49. The van der Waals surface area contributed by atoms with Crippen LogP contribution in [0, 0.1) is 0 Å². The molecule has 8 heteroatoms. The van der Waals surface area contributed by atoms with Crippen molar-refractivity contribution in [1.82, 2.24) is 4.72 Å². The summed E-state index contributed by atoms with van der Waals surface area (Å²) in [7, 11) is -2.33. The summed E-state index contributed by atoms with van der Waals surface area (Å²) in [6, 6.07) is 2.77. The molecule has 0 aliphatic heterocycles. The van der Waals surface area contributed by atoms with Crippen molar-refractivity contribution in [1.29, 1.82) is 0 Å². The molecular formula is C13H17BrClNO4S. The maximum absolute atomic E-state index is 12.5. The van der Waals surface area contributed by atoms with Crippen molar-refractivity contribution in [3.8, 4) is 5.75 Å². The van der Waals surface area contributed by atoms with Crippen molar-refractivity contribution in [2.45, 2.75) is 42.7 Å². The Bertz CT molecular complexity index is 615. The summed E-state index contributed by atoms with van der Waals surface area (Å²) in [6.07, 6.45) is 2.10. The zero-order valence-electron chi connectivity index (χ0n) is 11.5. The van der Waals surface area contributed by atoms with E-state index in [9.17, 15) is 13.5 Å². The van der Waals surface area contributed by atoms with E-state index in [0.717, 1.165) is 0 Å². The number of hydrogen-bond donors (Lipinski definition) is 2. The molecule has 0 spiro atoms. The fraction of sp³-hybridized carbons (Fsp3) is 0.538. The molecule has 0 aromatic heterocycles. The summed E-state index contributed by atoms with van der Waals surface area (Å²) in [5, 5.41) is 9.78. The van der Waals surface area contributed by atoms with Crippen molar-refractivity contribution in [2.24, 2.45) is 0 Å². The van der Waals surface area contributed by atoms with Crippen LogP contribution in [-0.4, -0.2) is 32.8 Å². The first-order chi connectivity index (χ1) is 9.83. The first kappa shape index (κ1) is 17.0. The Balaban J connectivity index is 2.27. The van der Waals surface area contributed by atoms with Crippen LogP contribution < -0.4 is 9.46 Å². The first-order valence-electron chi connectivity index (χ1n) is 6.57. The summed E-state index contributed by atoms with van der Waals surface area (Å²) in [6.45, 7) is 0. The lowest BCUT2D eigenvalue weighted by molar-refractivity contribution is 0.120. The van der Waals surface area contributed by atoms with E-state index in [2.05, 4.69) is 20.7 Å². The number of ether oxygens (including phenoxy) is 1. The summed E-state index contributed by atoms with van der Waals surface area (Å²) in [5.74, 6) is 0.225. The maximum Gasteiger partial charge on any atom is 0.244 e. The molecule has 0 amide bonds. The number of methoxy groups -OCH3 is 1. The Hall–Kier alpha value is -0.340. The number of aliphatic hydroxyl groups excluding tert-OH is 1. The van der Waals surface area contributed by atoms with Gasteiger partial charge in [0.25, 0.3) is 0 Å². The van der Waals surface area contributed by atoms with E-state index >= 15 is 0 Å². The number of sulfonamides is 1. The highest BCUT2D eigenvalue weighted by atomic mass is 79.9. The second-order valence-corrected chi connectivity index (χ2v) is 8.02. The second-order valence-electron chi connectivity index (χ2n) is 5.05.